The average molecular weight is 345 g/mol. The second-order valence-electron chi connectivity index (χ2n) is 6.42. The molecule has 2 aromatic heterocycles. The third-order valence-electron chi connectivity index (χ3n) is 3.64. The number of nitrogens with zero attached hydrogens (tertiary/aromatic N) is 2. The molecule has 0 radical (unpaired) electrons. The van der Waals surface area contributed by atoms with Gasteiger partial charge in [-0.3, -0.25) is 0 Å². The highest BCUT2D eigenvalue weighted by Gasteiger charge is 2.29. The van der Waals surface area contributed by atoms with Gasteiger partial charge in [-0.25, -0.2) is 4.79 Å². The van der Waals surface area contributed by atoms with Crippen LogP contribution in [0.15, 0.2) is 16.0 Å². The Morgan fingerprint density at radius 2 is 2.09 bits per heavy atom. The van der Waals surface area contributed by atoms with Gasteiger partial charge >= 0.3 is 6.09 Å². The van der Waals surface area contributed by atoms with E-state index in [1.54, 1.807) is 16.2 Å². The number of aromatic nitrogens is 1. The first-order chi connectivity index (χ1) is 9.94. The molecule has 1 amide bonds. The van der Waals surface area contributed by atoms with Crippen molar-refractivity contribution in [3.63, 3.8) is 0 Å². The highest BCUT2D eigenvalue weighted by molar-refractivity contribution is 7.17. The summed E-state index contributed by atoms with van der Waals surface area (Å²) in [6.45, 7) is 7.08. The number of hydrogen-bond acceptors (Lipinski definition) is 5. The van der Waals surface area contributed by atoms with Gasteiger partial charge in [0.05, 0.1) is 4.70 Å². The number of piperidine rings is 1. The second kappa shape index (κ2) is 6.46. The Hall–Kier alpha value is -1.27. The van der Waals surface area contributed by atoms with Crippen LogP contribution in [0.2, 0.25) is 0 Å². The summed E-state index contributed by atoms with van der Waals surface area (Å²) in [6, 6.07) is 1.95. The molecule has 0 N–H and O–H groups in total. The van der Waals surface area contributed by atoms with Crippen LogP contribution in [0, 0.1) is 0 Å². The fourth-order valence-electron chi connectivity index (χ4n) is 2.62. The molecule has 1 aliphatic rings. The molecular weight excluding hydrogens is 324 g/mol. The predicted molar refractivity (Wildman–Crippen MR) is 88.9 cm³/mol. The molecule has 0 unspecified atom stereocenters. The van der Waals surface area contributed by atoms with Crippen molar-refractivity contribution in [3.8, 4) is 0 Å². The lowest BCUT2D eigenvalue weighted by molar-refractivity contribution is 0.0204. The third-order valence-corrected chi connectivity index (χ3v) is 4.56. The summed E-state index contributed by atoms with van der Waals surface area (Å²) in [5, 5.41) is 6.23. The summed E-state index contributed by atoms with van der Waals surface area (Å²) >= 11 is 1.67. The number of hydrogen-bond donors (Lipinski definition) is 0. The van der Waals surface area contributed by atoms with Crippen LogP contribution in [0.25, 0.3) is 10.3 Å². The fourth-order valence-corrected chi connectivity index (χ4v) is 3.49. The van der Waals surface area contributed by atoms with E-state index in [2.05, 4.69) is 5.16 Å². The van der Waals surface area contributed by atoms with E-state index in [1.165, 1.54) is 0 Å². The Bertz CT molecular complexity index is 639. The van der Waals surface area contributed by atoms with Crippen LogP contribution in [-0.4, -0.2) is 34.8 Å². The van der Waals surface area contributed by atoms with E-state index < -0.39 is 5.60 Å². The molecule has 0 aliphatic carbocycles. The zero-order chi connectivity index (χ0) is 15.0. The molecule has 7 heteroatoms. The summed E-state index contributed by atoms with van der Waals surface area (Å²) in [5.74, 6) is 0.364. The molecule has 22 heavy (non-hydrogen) atoms. The van der Waals surface area contributed by atoms with Crippen LogP contribution in [-0.2, 0) is 4.74 Å². The van der Waals surface area contributed by atoms with Gasteiger partial charge in [0.15, 0.2) is 5.58 Å². The van der Waals surface area contributed by atoms with Crippen molar-refractivity contribution in [2.75, 3.05) is 13.1 Å². The number of fused-ring (bicyclic) bond motifs is 1. The first-order valence-electron chi connectivity index (χ1n) is 7.25. The number of carbonyl (C=O) groups is 1. The molecule has 0 saturated carbocycles. The van der Waals surface area contributed by atoms with Crippen LogP contribution >= 0.6 is 23.7 Å². The lowest BCUT2D eigenvalue weighted by Crippen LogP contribution is -2.41. The second-order valence-corrected chi connectivity index (χ2v) is 7.34. The number of amides is 1. The average Bonchev–Trinajstić information content (AvgIpc) is 2.99. The Morgan fingerprint density at radius 1 is 1.41 bits per heavy atom. The van der Waals surface area contributed by atoms with E-state index in [4.69, 9.17) is 9.26 Å². The minimum absolute atomic E-state index is 0. The smallest absolute Gasteiger partial charge is 0.410 e. The quantitative estimate of drug-likeness (QED) is 0.768. The fraction of sp³-hybridized carbons (Fsp3) is 0.600. The first-order valence-corrected chi connectivity index (χ1v) is 8.13. The van der Waals surface area contributed by atoms with Gasteiger partial charge in [-0.1, -0.05) is 5.16 Å². The van der Waals surface area contributed by atoms with Gasteiger partial charge in [0.2, 0.25) is 0 Å². The third kappa shape index (κ3) is 3.55. The van der Waals surface area contributed by atoms with Gasteiger partial charge < -0.3 is 14.2 Å². The number of rotatable bonds is 1. The zero-order valence-corrected chi connectivity index (χ0v) is 14.6. The Kier molecular flexibility index (Phi) is 5.02. The van der Waals surface area contributed by atoms with Crippen molar-refractivity contribution in [2.24, 2.45) is 0 Å². The van der Waals surface area contributed by atoms with Crippen LogP contribution in [0.4, 0.5) is 4.79 Å². The normalized spacial score (nSPS) is 16.6. The topological polar surface area (TPSA) is 55.6 Å². The minimum Gasteiger partial charge on any atom is -0.444 e. The Labute approximate surface area is 140 Å². The van der Waals surface area contributed by atoms with Gasteiger partial charge in [0.25, 0.3) is 0 Å². The van der Waals surface area contributed by atoms with Crippen LogP contribution < -0.4 is 0 Å². The largest absolute Gasteiger partial charge is 0.444 e. The number of ether oxygens (including phenoxy) is 1. The van der Waals surface area contributed by atoms with E-state index in [1.807, 2.05) is 32.2 Å². The summed E-state index contributed by atoms with van der Waals surface area (Å²) in [7, 11) is 0. The summed E-state index contributed by atoms with van der Waals surface area (Å²) in [6.07, 6.45) is 1.58. The first kappa shape index (κ1) is 17.1. The lowest BCUT2D eigenvalue weighted by Gasteiger charge is -2.32. The minimum atomic E-state index is -0.441. The van der Waals surface area contributed by atoms with Crippen molar-refractivity contribution in [2.45, 2.75) is 45.1 Å². The molecule has 0 aromatic carbocycles. The molecule has 3 rings (SSSR count). The molecule has 2 aromatic rings. The van der Waals surface area contributed by atoms with Crippen LogP contribution in [0.5, 0.6) is 0 Å². The Morgan fingerprint density at radius 3 is 2.73 bits per heavy atom. The van der Waals surface area contributed by atoms with Gasteiger partial charge in [0, 0.05) is 19.0 Å². The van der Waals surface area contributed by atoms with Crippen molar-refractivity contribution < 1.29 is 14.1 Å². The highest BCUT2D eigenvalue weighted by Crippen LogP contribution is 2.35. The maximum Gasteiger partial charge on any atom is 0.410 e. The van der Waals surface area contributed by atoms with Crippen molar-refractivity contribution in [3.05, 3.63) is 17.1 Å². The lowest BCUT2D eigenvalue weighted by atomic mass is 9.94. The standard InChI is InChI=1S/C15H20N2O3S.ClH/c1-15(2,3)19-14(18)17-7-4-10(5-8-17)12-13-11(20-16-12)6-9-21-13;/h6,9-10H,4-5,7-8H2,1-3H3;1H. The molecule has 1 saturated heterocycles. The van der Waals surface area contributed by atoms with Crippen LogP contribution in [0.3, 0.4) is 0 Å². The summed E-state index contributed by atoms with van der Waals surface area (Å²) < 4.78 is 11.9. The molecule has 122 valence electrons. The highest BCUT2D eigenvalue weighted by atomic mass is 35.5. The van der Waals surface area contributed by atoms with Gasteiger partial charge in [0.1, 0.15) is 11.3 Å². The SMILES string of the molecule is CC(C)(C)OC(=O)N1CCC(c2noc3ccsc23)CC1.Cl. The number of halogens is 1. The molecule has 0 bridgehead atoms. The molecule has 3 heterocycles. The van der Waals surface area contributed by atoms with Crippen molar-refractivity contribution >= 4 is 40.1 Å². The maximum absolute atomic E-state index is 12.0. The van der Waals surface area contributed by atoms with E-state index in [0.717, 1.165) is 28.8 Å². The molecule has 0 atom stereocenters. The number of likely N-dealkylation sites (tertiary alicyclic amines) is 1. The number of thiophene rings is 1. The number of carbonyl (C=O) groups excluding carboxylic acids is 1. The molecule has 5 nitrogen and oxygen atoms in total. The monoisotopic (exact) mass is 344 g/mol. The maximum atomic E-state index is 12.0. The van der Waals surface area contributed by atoms with Gasteiger partial charge in [-0.2, -0.15) is 0 Å². The Balaban J connectivity index is 0.00000176. The summed E-state index contributed by atoms with van der Waals surface area (Å²) in [5.41, 5.74) is 1.47. The van der Waals surface area contributed by atoms with Crippen LogP contribution in [0.1, 0.15) is 45.2 Å². The zero-order valence-electron chi connectivity index (χ0n) is 13.0. The van der Waals surface area contributed by atoms with Gasteiger partial charge in [-0.15, -0.1) is 23.7 Å². The molecular formula is C15H21ClN2O3S. The molecule has 0 spiro atoms. The molecule has 1 fully saturated rings. The van der Waals surface area contributed by atoms with E-state index in [9.17, 15) is 4.79 Å². The van der Waals surface area contributed by atoms with E-state index in [0.29, 0.717) is 19.0 Å². The van der Waals surface area contributed by atoms with E-state index >= 15 is 0 Å². The van der Waals surface area contributed by atoms with Crippen molar-refractivity contribution in [1.82, 2.24) is 10.1 Å². The van der Waals surface area contributed by atoms with E-state index in [-0.39, 0.29) is 18.5 Å². The summed E-state index contributed by atoms with van der Waals surface area (Å²) in [4.78, 5) is 13.8. The molecule has 1 aliphatic heterocycles. The predicted octanol–water partition coefficient (Wildman–Crippen LogP) is 4.43. The van der Waals surface area contributed by atoms with Crippen molar-refractivity contribution in [1.29, 1.82) is 0 Å². The van der Waals surface area contributed by atoms with Gasteiger partial charge in [-0.05, 0) is 45.1 Å².